The third-order valence-corrected chi connectivity index (χ3v) is 6.28. The third kappa shape index (κ3) is 4.51. The van der Waals surface area contributed by atoms with Crippen LogP contribution in [0.25, 0.3) is 0 Å². The van der Waals surface area contributed by atoms with Crippen molar-refractivity contribution in [1.29, 1.82) is 0 Å². The van der Waals surface area contributed by atoms with Crippen molar-refractivity contribution in [2.75, 3.05) is 13.2 Å². The molecular weight excluding hydrogens is 451 g/mol. The van der Waals surface area contributed by atoms with E-state index in [1.807, 2.05) is 0 Å². The van der Waals surface area contributed by atoms with Crippen LogP contribution in [0.2, 0.25) is 0 Å². The number of halogens is 4. The summed E-state index contributed by atoms with van der Waals surface area (Å²) >= 11 is 0. The van der Waals surface area contributed by atoms with Crippen molar-refractivity contribution >= 4 is 7.82 Å². The molecule has 168 valence electrons. The molecule has 2 aromatic rings. The van der Waals surface area contributed by atoms with Gasteiger partial charge in [-0.05, 0) is 0 Å². The molecule has 0 amide bonds. The molecule has 2 saturated heterocycles. The number of nitrogens with zero attached hydrogens (tertiary/aromatic N) is 1. The Kier molecular flexibility index (Phi) is 5.88. The lowest BCUT2D eigenvalue weighted by atomic mass is 10.1. The van der Waals surface area contributed by atoms with Gasteiger partial charge in [-0.25, -0.2) is 22.5 Å². The van der Waals surface area contributed by atoms with Crippen molar-refractivity contribution in [2.45, 2.75) is 31.3 Å². The average molecular weight is 466 g/mol. The van der Waals surface area contributed by atoms with Crippen molar-refractivity contribution in [3.05, 3.63) is 68.0 Å². The van der Waals surface area contributed by atoms with Crippen LogP contribution in [0.15, 0.2) is 27.9 Å². The van der Waals surface area contributed by atoms with E-state index >= 15 is 0 Å². The number of benzene rings is 1. The zero-order valence-electron chi connectivity index (χ0n) is 15.6. The standard InChI is InChI=1S/C17H15F4N2O7P/c18-8-3-10(19)9(11(20)4-8)1-2-27-31(26)28-7-14-13(30-31)5-15(29-14)23-6-12(21)16(24)22-17(23)25/h3-4,6,13-15H,1-2,5,7H2,(H,22,24,25)/t13-,14+,15+,31?/m0/s1. The second-order valence-corrected chi connectivity index (χ2v) is 8.45. The van der Waals surface area contributed by atoms with Gasteiger partial charge in [-0.2, -0.15) is 4.39 Å². The van der Waals surface area contributed by atoms with Crippen LogP contribution in [0.1, 0.15) is 18.2 Å². The first kappa shape index (κ1) is 21.9. The van der Waals surface area contributed by atoms with Gasteiger partial charge < -0.3 is 4.74 Å². The summed E-state index contributed by atoms with van der Waals surface area (Å²) in [6.07, 6.45) is -2.35. The predicted octanol–water partition coefficient (Wildman–Crippen LogP) is 2.16. The predicted molar refractivity (Wildman–Crippen MR) is 94.2 cm³/mol. The largest absolute Gasteiger partial charge is 0.475 e. The van der Waals surface area contributed by atoms with E-state index in [2.05, 4.69) is 0 Å². The fourth-order valence-electron chi connectivity index (χ4n) is 3.31. The van der Waals surface area contributed by atoms with Crippen LogP contribution < -0.4 is 11.2 Å². The van der Waals surface area contributed by atoms with Crippen molar-refractivity contribution < 1.29 is 40.4 Å². The van der Waals surface area contributed by atoms with Crippen LogP contribution in [-0.2, 0) is 29.3 Å². The summed E-state index contributed by atoms with van der Waals surface area (Å²) in [4.78, 5) is 24.8. The molecule has 0 bridgehead atoms. The van der Waals surface area contributed by atoms with Crippen LogP contribution in [0.5, 0.6) is 0 Å². The van der Waals surface area contributed by atoms with Crippen molar-refractivity contribution in [2.24, 2.45) is 0 Å². The molecule has 2 aliphatic heterocycles. The number of hydrogen-bond acceptors (Lipinski definition) is 7. The molecule has 4 rings (SSSR count). The number of aromatic amines is 1. The molecule has 0 aliphatic carbocycles. The summed E-state index contributed by atoms with van der Waals surface area (Å²) in [7, 11) is -4.13. The number of rotatable bonds is 5. The topological polar surface area (TPSA) is 109 Å². The molecule has 1 N–H and O–H groups in total. The molecule has 3 heterocycles. The van der Waals surface area contributed by atoms with Gasteiger partial charge in [-0.15, -0.1) is 0 Å². The van der Waals surface area contributed by atoms with Crippen LogP contribution >= 0.6 is 7.82 Å². The number of phosphoric ester groups is 1. The fraction of sp³-hybridized carbons (Fsp3) is 0.412. The molecular formula is C17H15F4N2O7P. The Bertz CT molecular complexity index is 1150. The highest BCUT2D eigenvalue weighted by Gasteiger charge is 2.48. The van der Waals surface area contributed by atoms with Crippen LogP contribution in [-0.4, -0.2) is 35.0 Å². The van der Waals surface area contributed by atoms with Crippen LogP contribution in [0, 0.1) is 23.3 Å². The molecule has 0 spiro atoms. The summed E-state index contributed by atoms with van der Waals surface area (Å²) < 4.78 is 88.3. The SMILES string of the molecule is O=c1[nH]c(=O)n([C@H]2C[C@@H]3OP(=O)(OCCc4c(F)cc(F)cc4F)OC[C@H]3O2)cc1F. The summed E-state index contributed by atoms with van der Waals surface area (Å²) in [5, 5.41) is 0. The zero-order valence-corrected chi connectivity index (χ0v) is 16.5. The van der Waals surface area contributed by atoms with Gasteiger partial charge in [-0.1, -0.05) is 0 Å². The van der Waals surface area contributed by atoms with Gasteiger partial charge in [0.2, 0.25) is 5.82 Å². The molecule has 9 nitrogen and oxygen atoms in total. The number of hydrogen-bond donors (Lipinski definition) is 1. The molecule has 14 heteroatoms. The second-order valence-electron chi connectivity index (χ2n) is 6.83. The number of nitrogens with one attached hydrogen (secondary N) is 1. The third-order valence-electron chi connectivity index (χ3n) is 4.78. The summed E-state index contributed by atoms with van der Waals surface area (Å²) in [6.45, 7) is -0.707. The number of H-pyrrole nitrogens is 1. The molecule has 1 aromatic carbocycles. The normalized spacial score (nSPS) is 27.9. The fourth-order valence-corrected chi connectivity index (χ4v) is 4.70. The van der Waals surface area contributed by atoms with Gasteiger partial charge in [0.25, 0.3) is 5.56 Å². The number of ether oxygens (including phenoxy) is 1. The van der Waals surface area contributed by atoms with Crippen LogP contribution in [0.3, 0.4) is 0 Å². The Hall–Kier alpha value is -2.31. The van der Waals surface area contributed by atoms with E-state index in [1.165, 1.54) is 0 Å². The van der Waals surface area contributed by atoms with Gasteiger partial charge in [-0.3, -0.25) is 27.9 Å². The Morgan fingerprint density at radius 2 is 1.84 bits per heavy atom. The van der Waals surface area contributed by atoms with Gasteiger partial charge in [0.15, 0.2) is 0 Å². The van der Waals surface area contributed by atoms with E-state index in [4.69, 9.17) is 18.3 Å². The highest BCUT2D eigenvalue weighted by atomic mass is 31.2. The first-order valence-corrected chi connectivity index (χ1v) is 10.5. The first-order chi connectivity index (χ1) is 14.6. The Morgan fingerprint density at radius 1 is 1.13 bits per heavy atom. The monoisotopic (exact) mass is 466 g/mol. The van der Waals surface area contributed by atoms with Gasteiger partial charge in [0.1, 0.15) is 35.9 Å². The zero-order chi connectivity index (χ0) is 22.3. The average Bonchev–Trinajstić information content (AvgIpc) is 3.09. The molecule has 2 aliphatic rings. The van der Waals surface area contributed by atoms with Crippen molar-refractivity contribution in [3.8, 4) is 0 Å². The maximum atomic E-state index is 13.7. The molecule has 1 aromatic heterocycles. The van der Waals surface area contributed by atoms with E-state index < -0.39 is 72.9 Å². The molecule has 0 saturated carbocycles. The van der Waals surface area contributed by atoms with E-state index in [0.29, 0.717) is 18.3 Å². The smallest absolute Gasteiger partial charge is 0.349 e. The lowest BCUT2D eigenvalue weighted by molar-refractivity contribution is -0.0723. The van der Waals surface area contributed by atoms with Crippen molar-refractivity contribution in [1.82, 2.24) is 9.55 Å². The molecule has 4 atom stereocenters. The highest BCUT2D eigenvalue weighted by molar-refractivity contribution is 7.48. The lowest BCUT2D eigenvalue weighted by Gasteiger charge is -2.29. The minimum absolute atomic E-state index is 0.0337. The number of fused-ring (bicyclic) bond motifs is 1. The Balaban J connectivity index is 1.39. The quantitative estimate of drug-likeness (QED) is 0.532. The number of aromatic nitrogens is 2. The maximum Gasteiger partial charge on any atom is 0.475 e. The molecule has 1 unspecified atom stereocenters. The van der Waals surface area contributed by atoms with Crippen molar-refractivity contribution in [3.63, 3.8) is 0 Å². The minimum Gasteiger partial charge on any atom is -0.349 e. The lowest BCUT2D eigenvalue weighted by Crippen LogP contribution is -2.34. The highest BCUT2D eigenvalue weighted by Crippen LogP contribution is 2.56. The number of phosphoric acid groups is 1. The summed E-state index contributed by atoms with van der Waals surface area (Å²) in [5.41, 5.74) is -2.53. The maximum absolute atomic E-state index is 13.7. The molecule has 31 heavy (non-hydrogen) atoms. The molecule has 0 radical (unpaired) electrons. The van der Waals surface area contributed by atoms with Gasteiger partial charge in [0.05, 0.1) is 19.4 Å². The van der Waals surface area contributed by atoms with Gasteiger partial charge in [0, 0.05) is 30.5 Å². The Morgan fingerprint density at radius 3 is 2.55 bits per heavy atom. The van der Waals surface area contributed by atoms with E-state index in [1.54, 1.807) is 4.98 Å². The Labute approximate surface area is 171 Å². The second kappa shape index (κ2) is 8.32. The van der Waals surface area contributed by atoms with E-state index in [-0.39, 0.29) is 19.4 Å². The van der Waals surface area contributed by atoms with E-state index in [0.717, 1.165) is 4.57 Å². The molecule has 2 fully saturated rings. The van der Waals surface area contributed by atoms with Gasteiger partial charge >= 0.3 is 13.5 Å². The summed E-state index contributed by atoms with van der Waals surface area (Å²) in [6, 6.07) is 1.02. The minimum atomic E-state index is -4.13. The van der Waals surface area contributed by atoms with E-state index in [9.17, 15) is 31.7 Å². The summed E-state index contributed by atoms with van der Waals surface area (Å²) in [5.74, 6) is -4.50. The van der Waals surface area contributed by atoms with Crippen LogP contribution in [0.4, 0.5) is 17.6 Å². The first-order valence-electron chi connectivity index (χ1n) is 9.02.